The van der Waals surface area contributed by atoms with E-state index in [0.717, 1.165) is 6.26 Å². The van der Waals surface area contributed by atoms with Crippen molar-refractivity contribution < 1.29 is 18.0 Å². The summed E-state index contributed by atoms with van der Waals surface area (Å²) in [5.74, 6) is -1.35. The normalized spacial score (nSPS) is 10.9. The molecule has 0 aromatic heterocycles. The van der Waals surface area contributed by atoms with E-state index in [4.69, 9.17) is 11.6 Å². The lowest BCUT2D eigenvalue weighted by atomic mass is 10.2. The third kappa shape index (κ3) is 4.08. The zero-order valence-electron chi connectivity index (χ0n) is 12.0. The van der Waals surface area contributed by atoms with Gasteiger partial charge in [0, 0.05) is 6.26 Å². The second-order valence-corrected chi connectivity index (χ2v) is 7.05. The molecule has 0 unspecified atom stereocenters. The molecule has 2 aromatic rings. The van der Waals surface area contributed by atoms with Gasteiger partial charge < -0.3 is 0 Å². The van der Waals surface area contributed by atoms with Crippen LogP contribution < -0.4 is 10.9 Å². The number of hydrazine groups is 1. The SMILES string of the molecule is CS(=O)(=O)c1ccccc1C(=O)NNC(=O)c1ccccc1Cl. The van der Waals surface area contributed by atoms with Crippen LogP contribution in [0.25, 0.3) is 0 Å². The fourth-order valence-corrected chi connectivity index (χ4v) is 2.98. The number of amides is 2. The molecule has 6 nitrogen and oxygen atoms in total. The maximum absolute atomic E-state index is 12.1. The summed E-state index contributed by atoms with van der Waals surface area (Å²) in [5.41, 5.74) is 4.50. The van der Waals surface area contributed by atoms with Crippen molar-refractivity contribution in [1.82, 2.24) is 10.9 Å². The van der Waals surface area contributed by atoms with Crippen molar-refractivity contribution in [2.45, 2.75) is 4.90 Å². The van der Waals surface area contributed by atoms with Crippen LogP contribution in [0.1, 0.15) is 20.7 Å². The topological polar surface area (TPSA) is 92.3 Å². The van der Waals surface area contributed by atoms with Crippen LogP contribution in [-0.2, 0) is 9.84 Å². The lowest BCUT2D eigenvalue weighted by molar-refractivity contribution is 0.0845. The molecule has 2 N–H and O–H groups in total. The summed E-state index contributed by atoms with van der Waals surface area (Å²) in [6.07, 6.45) is 1.00. The van der Waals surface area contributed by atoms with Gasteiger partial charge >= 0.3 is 0 Å². The van der Waals surface area contributed by atoms with Crippen molar-refractivity contribution in [3.05, 3.63) is 64.7 Å². The molecule has 0 aliphatic rings. The molecule has 2 amide bonds. The smallest absolute Gasteiger partial charge is 0.267 e. The maximum atomic E-state index is 12.1. The third-order valence-electron chi connectivity index (χ3n) is 2.94. The van der Waals surface area contributed by atoms with Gasteiger partial charge in [0.05, 0.1) is 21.0 Å². The molecule has 0 radical (unpaired) electrons. The van der Waals surface area contributed by atoms with E-state index in [2.05, 4.69) is 10.9 Å². The second-order valence-electron chi connectivity index (χ2n) is 4.66. The van der Waals surface area contributed by atoms with Gasteiger partial charge in [0.2, 0.25) is 0 Å². The lowest BCUT2D eigenvalue weighted by Gasteiger charge is -2.10. The van der Waals surface area contributed by atoms with E-state index in [1.165, 1.54) is 36.4 Å². The predicted octanol–water partition coefficient (Wildman–Crippen LogP) is 1.82. The summed E-state index contributed by atoms with van der Waals surface area (Å²) in [5, 5.41) is 0.232. The summed E-state index contributed by atoms with van der Waals surface area (Å²) in [4.78, 5) is 23.9. The van der Waals surface area contributed by atoms with Crippen LogP contribution in [0.3, 0.4) is 0 Å². The average molecular weight is 353 g/mol. The number of benzene rings is 2. The molecule has 0 aliphatic carbocycles. The van der Waals surface area contributed by atoms with Gasteiger partial charge in [-0.15, -0.1) is 0 Å². The number of carbonyl (C=O) groups excluding carboxylic acids is 2. The highest BCUT2D eigenvalue weighted by atomic mass is 35.5. The van der Waals surface area contributed by atoms with Crippen LogP contribution in [0.4, 0.5) is 0 Å². The Bertz CT molecular complexity index is 865. The Kier molecular flexibility index (Phi) is 5.02. The van der Waals surface area contributed by atoms with Gasteiger partial charge in [0.15, 0.2) is 9.84 Å². The van der Waals surface area contributed by atoms with E-state index in [-0.39, 0.29) is 21.0 Å². The van der Waals surface area contributed by atoms with Gasteiger partial charge in [0.1, 0.15) is 0 Å². The van der Waals surface area contributed by atoms with E-state index in [9.17, 15) is 18.0 Å². The molecule has 0 saturated carbocycles. The van der Waals surface area contributed by atoms with Crippen molar-refractivity contribution >= 4 is 33.3 Å². The molecular formula is C15H13ClN2O4S. The second kappa shape index (κ2) is 6.80. The van der Waals surface area contributed by atoms with Crippen LogP contribution in [0.2, 0.25) is 5.02 Å². The summed E-state index contributed by atoms with van der Waals surface area (Å²) >= 11 is 5.88. The number of sulfone groups is 1. The summed E-state index contributed by atoms with van der Waals surface area (Å²) in [7, 11) is -3.57. The fourth-order valence-electron chi connectivity index (χ4n) is 1.87. The van der Waals surface area contributed by atoms with Crippen molar-refractivity contribution in [1.29, 1.82) is 0 Å². The molecule has 8 heteroatoms. The van der Waals surface area contributed by atoms with Gasteiger partial charge in [-0.2, -0.15) is 0 Å². The molecular weight excluding hydrogens is 340 g/mol. The fraction of sp³-hybridized carbons (Fsp3) is 0.0667. The van der Waals surface area contributed by atoms with Crippen LogP contribution in [0.15, 0.2) is 53.4 Å². The van der Waals surface area contributed by atoms with E-state index in [1.807, 2.05) is 0 Å². The average Bonchev–Trinajstić information content (AvgIpc) is 2.52. The highest BCUT2D eigenvalue weighted by molar-refractivity contribution is 7.90. The first kappa shape index (κ1) is 17.0. The van der Waals surface area contributed by atoms with Gasteiger partial charge in [-0.1, -0.05) is 35.9 Å². The number of nitrogens with one attached hydrogen (secondary N) is 2. The van der Waals surface area contributed by atoms with E-state index in [1.54, 1.807) is 12.1 Å². The largest absolute Gasteiger partial charge is 0.271 e. The molecule has 2 aromatic carbocycles. The van der Waals surface area contributed by atoms with Crippen molar-refractivity contribution in [3.63, 3.8) is 0 Å². The zero-order valence-corrected chi connectivity index (χ0v) is 13.6. The Morgan fingerprint density at radius 2 is 1.35 bits per heavy atom. The summed E-state index contributed by atoms with van der Waals surface area (Å²) < 4.78 is 23.4. The van der Waals surface area contributed by atoms with Gasteiger partial charge in [-0.05, 0) is 24.3 Å². The minimum atomic E-state index is -3.57. The van der Waals surface area contributed by atoms with Crippen LogP contribution in [0, 0.1) is 0 Å². The monoisotopic (exact) mass is 352 g/mol. The van der Waals surface area contributed by atoms with Gasteiger partial charge in [-0.3, -0.25) is 20.4 Å². The summed E-state index contributed by atoms with van der Waals surface area (Å²) in [6, 6.07) is 12.0. The van der Waals surface area contributed by atoms with Crippen molar-refractivity contribution in [3.8, 4) is 0 Å². The third-order valence-corrected chi connectivity index (χ3v) is 4.42. The molecule has 0 spiro atoms. The minimum absolute atomic E-state index is 0.0607. The summed E-state index contributed by atoms with van der Waals surface area (Å²) in [6.45, 7) is 0. The number of carbonyl (C=O) groups is 2. The molecule has 0 atom stereocenters. The quantitative estimate of drug-likeness (QED) is 0.824. The van der Waals surface area contributed by atoms with E-state index in [0.29, 0.717) is 0 Å². The molecule has 120 valence electrons. The standard InChI is InChI=1S/C15H13ClN2O4S/c1-23(21,22)13-9-5-3-7-11(13)15(20)18-17-14(19)10-6-2-4-8-12(10)16/h2-9H,1H3,(H,17,19)(H,18,20). The van der Waals surface area contributed by atoms with Crippen LogP contribution >= 0.6 is 11.6 Å². The predicted molar refractivity (Wildman–Crippen MR) is 85.9 cm³/mol. The number of hydrogen-bond acceptors (Lipinski definition) is 4. The molecule has 0 aliphatic heterocycles. The van der Waals surface area contributed by atoms with Crippen LogP contribution in [-0.4, -0.2) is 26.5 Å². The van der Waals surface area contributed by atoms with Crippen LogP contribution in [0.5, 0.6) is 0 Å². The molecule has 23 heavy (non-hydrogen) atoms. The highest BCUT2D eigenvalue weighted by Gasteiger charge is 2.19. The first-order valence-corrected chi connectivity index (χ1v) is 8.72. The van der Waals surface area contributed by atoms with Crippen molar-refractivity contribution in [2.24, 2.45) is 0 Å². The first-order chi connectivity index (χ1) is 10.8. The first-order valence-electron chi connectivity index (χ1n) is 6.45. The molecule has 0 heterocycles. The Morgan fingerprint density at radius 1 is 0.870 bits per heavy atom. The zero-order chi connectivity index (χ0) is 17.0. The molecule has 0 bridgehead atoms. The van der Waals surface area contributed by atoms with E-state index < -0.39 is 21.7 Å². The maximum Gasteiger partial charge on any atom is 0.271 e. The Hall–Kier alpha value is -2.38. The number of halogens is 1. The molecule has 0 fully saturated rings. The number of hydrogen-bond donors (Lipinski definition) is 2. The number of rotatable bonds is 3. The Balaban J connectivity index is 2.15. The Morgan fingerprint density at radius 3 is 1.91 bits per heavy atom. The Labute approximate surface area is 138 Å². The highest BCUT2D eigenvalue weighted by Crippen LogP contribution is 2.16. The van der Waals surface area contributed by atoms with Gasteiger partial charge in [-0.25, -0.2) is 8.42 Å². The molecule has 2 rings (SSSR count). The van der Waals surface area contributed by atoms with Gasteiger partial charge in [0.25, 0.3) is 11.8 Å². The van der Waals surface area contributed by atoms with Crippen molar-refractivity contribution in [2.75, 3.05) is 6.26 Å². The lowest BCUT2D eigenvalue weighted by Crippen LogP contribution is -2.42. The van der Waals surface area contributed by atoms with E-state index >= 15 is 0 Å². The minimum Gasteiger partial charge on any atom is -0.267 e. The molecule has 0 saturated heterocycles.